The van der Waals surface area contributed by atoms with Gasteiger partial charge in [0.05, 0.1) is 31.6 Å². The van der Waals surface area contributed by atoms with Crippen LogP contribution in [0.15, 0.2) is 65.1 Å². The molecule has 4 rings (SSSR count). The highest BCUT2D eigenvalue weighted by atomic mass is 19.1. The van der Waals surface area contributed by atoms with Crippen LogP contribution in [0.1, 0.15) is 26.5 Å². The van der Waals surface area contributed by atoms with Gasteiger partial charge in [0.1, 0.15) is 17.3 Å². The summed E-state index contributed by atoms with van der Waals surface area (Å²) in [5, 5.41) is 0. The minimum atomic E-state index is -0.466. The summed E-state index contributed by atoms with van der Waals surface area (Å²) in [7, 11) is 1.32. The van der Waals surface area contributed by atoms with Crippen LogP contribution in [-0.4, -0.2) is 45.2 Å². The fourth-order valence-corrected chi connectivity index (χ4v) is 3.55. The number of ether oxygens (including phenoxy) is 2. The smallest absolute Gasteiger partial charge is 0.338 e. The molecule has 0 spiro atoms. The lowest BCUT2D eigenvalue weighted by Crippen LogP contribution is -2.36. The maximum Gasteiger partial charge on any atom is 0.338 e. The third-order valence-electron chi connectivity index (χ3n) is 5.21. The van der Waals surface area contributed by atoms with E-state index < -0.39 is 11.8 Å². The van der Waals surface area contributed by atoms with Crippen molar-refractivity contribution in [1.82, 2.24) is 0 Å². The predicted octanol–water partition coefficient (Wildman–Crippen LogP) is 4.61. The Labute approximate surface area is 184 Å². The van der Waals surface area contributed by atoms with E-state index in [4.69, 9.17) is 13.9 Å². The first-order valence-corrected chi connectivity index (χ1v) is 10.2. The van der Waals surface area contributed by atoms with Gasteiger partial charge >= 0.3 is 5.97 Å². The van der Waals surface area contributed by atoms with Crippen LogP contribution in [-0.2, 0) is 9.47 Å². The van der Waals surface area contributed by atoms with E-state index in [1.165, 1.54) is 25.3 Å². The van der Waals surface area contributed by atoms with Crippen LogP contribution in [0.2, 0.25) is 0 Å². The normalized spacial score (nSPS) is 14.0. The number of benzene rings is 2. The molecule has 0 aliphatic carbocycles. The molecule has 0 radical (unpaired) electrons. The zero-order chi connectivity index (χ0) is 22.5. The van der Waals surface area contributed by atoms with Crippen molar-refractivity contribution in [1.29, 1.82) is 0 Å². The topological polar surface area (TPSA) is 69.0 Å². The fraction of sp³-hybridized carbons (Fsp3) is 0.200. The maximum atomic E-state index is 14.6. The van der Waals surface area contributed by atoms with Crippen molar-refractivity contribution in [2.24, 2.45) is 0 Å². The number of hydrogen-bond donors (Lipinski definition) is 0. The Kier molecular flexibility index (Phi) is 6.47. The van der Waals surface area contributed by atoms with Crippen LogP contribution in [0, 0.1) is 5.82 Å². The minimum Gasteiger partial charge on any atom is -0.465 e. The number of furan rings is 1. The number of allylic oxidation sites excluding steroid dienone is 1. The SMILES string of the molecule is COC(=O)c1ccccc1-c1ccc(/C=C\C(=O)c2ccc(N3CCOCC3)c(F)c2)o1. The lowest BCUT2D eigenvalue weighted by Gasteiger charge is -2.29. The van der Waals surface area contributed by atoms with Crippen LogP contribution in [0.4, 0.5) is 10.1 Å². The summed E-state index contributed by atoms with van der Waals surface area (Å²) in [6.07, 6.45) is 2.85. The lowest BCUT2D eigenvalue weighted by molar-refractivity contribution is 0.0601. The molecular formula is C25H22FNO5. The van der Waals surface area contributed by atoms with Gasteiger partial charge in [-0.05, 0) is 48.6 Å². The molecule has 0 atom stereocenters. The summed E-state index contributed by atoms with van der Waals surface area (Å²) in [6, 6.07) is 14.8. The minimum absolute atomic E-state index is 0.249. The predicted molar refractivity (Wildman–Crippen MR) is 118 cm³/mol. The Morgan fingerprint density at radius 1 is 1.06 bits per heavy atom. The molecule has 32 heavy (non-hydrogen) atoms. The number of hydrogen-bond acceptors (Lipinski definition) is 6. The fourth-order valence-electron chi connectivity index (χ4n) is 3.55. The number of morpholine rings is 1. The first-order valence-electron chi connectivity index (χ1n) is 10.2. The highest BCUT2D eigenvalue weighted by Gasteiger charge is 2.17. The Morgan fingerprint density at radius 3 is 2.59 bits per heavy atom. The van der Waals surface area contributed by atoms with Gasteiger partial charge in [0.25, 0.3) is 0 Å². The Hall–Kier alpha value is -3.71. The van der Waals surface area contributed by atoms with Gasteiger partial charge in [-0.2, -0.15) is 0 Å². The van der Waals surface area contributed by atoms with Gasteiger partial charge in [-0.3, -0.25) is 4.79 Å². The van der Waals surface area contributed by atoms with E-state index in [9.17, 15) is 14.0 Å². The molecule has 0 N–H and O–H groups in total. The second-order valence-electron chi connectivity index (χ2n) is 7.20. The monoisotopic (exact) mass is 435 g/mol. The van der Waals surface area contributed by atoms with Gasteiger partial charge in [0.15, 0.2) is 5.78 Å². The number of rotatable bonds is 6. The highest BCUT2D eigenvalue weighted by molar-refractivity contribution is 6.07. The summed E-state index contributed by atoms with van der Waals surface area (Å²) in [4.78, 5) is 26.4. The standard InChI is InChI=1S/C25H22FNO5/c1-30-25(29)20-5-3-2-4-19(20)24-11-8-18(32-24)7-10-23(28)17-6-9-22(21(26)16-17)27-12-14-31-15-13-27/h2-11,16H,12-15H2,1H3/b10-7-. The molecular weight excluding hydrogens is 413 g/mol. The van der Waals surface area contributed by atoms with Crippen LogP contribution >= 0.6 is 0 Å². The molecule has 0 saturated carbocycles. The van der Waals surface area contributed by atoms with Crippen molar-refractivity contribution >= 4 is 23.5 Å². The molecule has 164 valence electrons. The second-order valence-corrected chi connectivity index (χ2v) is 7.20. The van der Waals surface area contributed by atoms with Gasteiger partial charge in [-0.1, -0.05) is 18.2 Å². The largest absolute Gasteiger partial charge is 0.465 e. The number of halogens is 1. The molecule has 1 saturated heterocycles. The molecule has 1 fully saturated rings. The summed E-state index contributed by atoms with van der Waals surface area (Å²) >= 11 is 0. The van der Waals surface area contributed by atoms with E-state index in [1.54, 1.807) is 48.5 Å². The zero-order valence-electron chi connectivity index (χ0n) is 17.5. The molecule has 1 aliphatic rings. The van der Waals surface area contributed by atoms with Crippen molar-refractivity contribution in [3.8, 4) is 11.3 Å². The van der Waals surface area contributed by atoms with Crippen molar-refractivity contribution in [2.75, 3.05) is 38.3 Å². The second kappa shape index (κ2) is 9.62. The lowest BCUT2D eigenvalue weighted by atomic mass is 10.1. The maximum absolute atomic E-state index is 14.6. The average molecular weight is 435 g/mol. The summed E-state index contributed by atoms with van der Waals surface area (Å²) in [5.74, 6) is -0.347. The number of carbonyl (C=O) groups is 2. The van der Waals surface area contributed by atoms with Gasteiger partial charge in [0.2, 0.25) is 0 Å². The highest BCUT2D eigenvalue weighted by Crippen LogP contribution is 2.27. The van der Waals surface area contributed by atoms with Crippen molar-refractivity contribution in [3.05, 3.63) is 83.4 Å². The van der Waals surface area contributed by atoms with Crippen LogP contribution in [0.25, 0.3) is 17.4 Å². The van der Waals surface area contributed by atoms with Crippen LogP contribution < -0.4 is 4.90 Å². The van der Waals surface area contributed by atoms with Crippen LogP contribution in [0.5, 0.6) is 0 Å². The number of methoxy groups -OCH3 is 1. The number of carbonyl (C=O) groups excluding carboxylic acids is 2. The number of anilines is 1. The molecule has 1 aliphatic heterocycles. The average Bonchev–Trinajstić information content (AvgIpc) is 3.31. The number of nitrogens with zero attached hydrogens (tertiary/aromatic N) is 1. The van der Waals surface area contributed by atoms with E-state index in [1.807, 2.05) is 4.90 Å². The molecule has 2 aromatic carbocycles. The van der Waals surface area contributed by atoms with Crippen molar-refractivity contribution in [2.45, 2.75) is 0 Å². The van der Waals surface area contributed by atoms with Gasteiger partial charge in [-0.15, -0.1) is 0 Å². The van der Waals surface area contributed by atoms with E-state index in [2.05, 4.69) is 0 Å². The van der Waals surface area contributed by atoms with Crippen molar-refractivity contribution in [3.63, 3.8) is 0 Å². The Morgan fingerprint density at radius 2 is 1.84 bits per heavy atom. The Bertz CT molecular complexity index is 1160. The molecule has 6 nitrogen and oxygen atoms in total. The van der Waals surface area contributed by atoms with E-state index in [0.29, 0.717) is 54.6 Å². The molecule has 7 heteroatoms. The molecule has 1 aromatic heterocycles. The summed E-state index contributed by atoms with van der Waals surface area (Å²) < 4.78 is 30.4. The molecule has 0 unspecified atom stereocenters. The van der Waals surface area contributed by atoms with E-state index in [-0.39, 0.29) is 11.3 Å². The molecule has 0 amide bonds. The summed E-state index contributed by atoms with van der Waals surface area (Å²) in [6.45, 7) is 2.34. The quantitative estimate of drug-likeness (QED) is 0.320. The van der Waals surface area contributed by atoms with E-state index in [0.717, 1.165) is 0 Å². The van der Waals surface area contributed by atoms with Gasteiger partial charge in [-0.25, -0.2) is 9.18 Å². The Balaban J connectivity index is 1.49. The van der Waals surface area contributed by atoms with Crippen LogP contribution in [0.3, 0.4) is 0 Å². The summed E-state index contributed by atoms with van der Waals surface area (Å²) in [5.41, 5.74) is 1.69. The molecule has 2 heterocycles. The molecule has 3 aromatic rings. The van der Waals surface area contributed by atoms with Gasteiger partial charge in [0, 0.05) is 24.2 Å². The molecule has 0 bridgehead atoms. The first-order chi connectivity index (χ1) is 15.6. The number of esters is 1. The van der Waals surface area contributed by atoms with Crippen molar-refractivity contribution < 1.29 is 27.9 Å². The van der Waals surface area contributed by atoms with E-state index >= 15 is 0 Å². The number of ketones is 1. The third-order valence-corrected chi connectivity index (χ3v) is 5.21. The van der Waals surface area contributed by atoms with Gasteiger partial charge < -0.3 is 18.8 Å². The zero-order valence-corrected chi connectivity index (χ0v) is 17.5. The third kappa shape index (κ3) is 4.63. The first kappa shape index (κ1) is 21.5.